The normalized spacial score (nSPS) is 18.0. The molecule has 138 valence electrons. The zero-order chi connectivity index (χ0) is 18.9. The van der Waals surface area contributed by atoms with Gasteiger partial charge in [-0.05, 0) is 55.3 Å². The number of hydrogen-bond acceptors (Lipinski definition) is 3. The Balaban J connectivity index is 1.83. The fourth-order valence-electron chi connectivity index (χ4n) is 2.88. The van der Waals surface area contributed by atoms with Gasteiger partial charge in [-0.2, -0.15) is 4.31 Å². The molecule has 0 saturated carbocycles. The van der Waals surface area contributed by atoms with Gasteiger partial charge in [-0.1, -0.05) is 23.2 Å². The molecule has 0 spiro atoms. The van der Waals surface area contributed by atoms with Gasteiger partial charge in [0, 0.05) is 22.3 Å². The molecule has 26 heavy (non-hydrogen) atoms. The summed E-state index contributed by atoms with van der Waals surface area (Å²) in [4.78, 5) is 12.6. The van der Waals surface area contributed by atoms with Gasteiger partial charge < -0.3 is 5.32 Å². The van der Waals surface area contributed by atoms with E-state index in [1.54, 1.807) is 0 Å². The lowest BCUT2D eigenvalue weighted by Gasteiger charge is -2.23. The summed E-state index contributed by atoms with van der Waals surface area (Å²) in [5.41, 5.74) is 0.388. The summed E-state index contributed by atoms with van der Waals surface area (Å²) in [7, 11) is -3.90. The van der Waals surface area contributed by atoms with Crippen molar-refractivity contribution < 1.29 is 17.6 Å². The van der Waals surface area contributed by atoms with Gasteiger partial charge in [-0.3, -0.25) is 4.79 Å². The molecule has 0 radical (unpaired) electrons. The Kier molecular flexibility index (Phi) is 5.53. The van der Waals surface area contributed by atoms with Crippen LogP contribution in [0.5, 0.6) is 0 Å². The number of rotatable bonds is 4. The third-order valence-corrected chi connectivity index (χ3v) is 6.42. The third-order valence-electron chi connectivity index (χ3n) is 4.06. The summed E-state index contributed by atoms with van der Waals surface area (Å²) in [5.74, 6) is -0.996. The van der Waals surface area contributed by atoms with Gasteiger partial charge in [0.25, 0.3) is 0 Å². The molecule has 3 rings (SSSR count). The topological polar surface area (TPSA) is 66.5 Å². The first kappa shape index (κ1) is 19.1. The predicted octanol–water partition coefficient (Wildman–Crippen LogP) is 3.92. The lowest BCUT2D eigenvalue weighted by atomic mass is 10.2. The van der Waals surface area contributed by atoms with Crippen LogP contribution in [0.25, 0.3) is 0 Å². The Morgan fingerprint density at radius 2 is 1.73 bits per heavy atom. The lowest BCUT2D eigenvalue weighted by Crippen LogP contribution is -2.43. The van der Waals surface area contributed by atoms with Crippen molar-refractivity contribution in [1.82, 2.24) is 4.31 Å². The number of nitrogens with zero attached hydrogens (tertiary/aromatic N) is 1. The van der Waals surface area contributed by atoms with E-state index in [9.17, 15) is 17.6 Å². The number of carbonyl (C=O) groups is 1. The highest BCUT2D eigenvalue weighted by Gasteiger charge is 2.39. The predicted molar refractivity (Wildman–Crippen MR) is 98.4 cm³/mol. The number of benzene rings is 2. The lowest BCUT2D eigenvalue weighted by molar-refractivity contribution is -0.119. The van der Waals surface area contributed by atoms with Crippen molar-refractivity contribution in [3.8, 4) is 0 Å². The van der Waals surface area contributed by atoms with Gasteiger partial charge in [0.05, 0.1) is 4.90 Å². The van der Waals surface area contributed by atoms with Crippen LogP contribution in [0.4, 0.5) is 10.1 Å². The van der Waals surface area contributed by atoms with E-state index >= 15 is 0 Å². The van der Waals surface area contributed by atoms with Crippen LogP contribution in [0.1, 0.15) is 12.8 Å². The van der Waals surface area contributed by atoms with Crippen LogP contribution < -0.4 is 5.32 Å². The van der Waals surface area contributed by atoms with Crippen LogP contribution >= 0.6 is 23.2 Å². The number of amides is 1. The minimum atomic E-state index is -3.90. The zero-order valence-corrected chi connectivity index (χ0v) is 15.8. The van der Waals surface area contributed by atoms with E-state index in [0.29, 0.717) is 28.6 Å². The largest absolute Gasteiger partial charge is 0.325 e. The van der Waals surface area contributed by atoms with E-state index in [0.717, 1.165) is 16.4 Å². The van der Waals surface area contributed by atoms with Crippen LogP contribution in [-0.4, -0.2) is 31.2 Å². The molecule has 1 unspecified atom stereocenters. The van der Waals surface area contributed by atoms with Crippen molar-refractivity contribution in [3.05, 3.63) is 58.3 Å². The Morgan fingerprint density at radius 3 is 2.35 bits per heavy atom. The van der Waals surface area contributed by atoms with E-state index < -0.39 is 27.8 Å². The minimum Gasteiger partial charge on any atom is -0.325 e. The number of sulfonamides is 1. The molecule has 1 heterocycles. The maximum Gasteiger partial charge on any atom is 0.243 e. The average Bonchev–Trinajstić information content (AvgIpc) is 3.05. The number of carbonyl (C=O) groups excluding carboxylic acids is 1. The van der Waals surface area contributed by atoms with Crippen LogP contribution in [0, 0.1) is 5.82 Å². The molecular weight excluding hydrogens is 402 g/mol. The third kappa shape index (κ3) is 4.01. The first-order valence-electron chi connectivity index (χ1n) is 7.82. The molecule has 2 aromatic rings. The fourth-order valence-corrected chi connectivity index (χ4v) is 5.07. The van der Waals surface area contributed by atoms with E-state index in [2.05, 4.69) is 5.32 Å². The van der Waals surface area contributed by atoms with Crippen LogP contribution in [-0.2, 0) is 14.8 Å². The van der Waals surface area contributed by atoms with E-state index in [1.165, 1.54) is 30.3 Å². The van der Waals surface area contributed by atoms with Gasteiger partial charge in [0.1, 0.15) is 11.9 Å². The van der Waals surface area contributed by atoms with Gasteiger partial charge in [-0.25, -0.2) is 12.8 Å². The monoisotopic (exact) mass is 416 g/mol. The van der Waals surface area contributed by atoms with E-state index in [4.69, 9.17) is 23.2 Å². The molecule has 1 aliphatic heterocycles. The smallest absolute Gasteiger partial charge is 0.243 e. The maximum absolute atomic E-state index is 13.1. The molecule has 1 fully saturated rings. The van der Waals surface area contributed by atoms with Crippen molar-refractivity contribution >= 4 is 44.8 Å². The highest BCUT2D eigenvalue weighted by Crippen LogP contribution is 2.28. The molecule has 9 heteroatoms. The Labute approximate surface area is 160 Å². The number of hydrogen-bond donors (Lipinski definition) is 1. The summed E-state index contributed by atoms with van der Waals surface area (Å²) >= 11 is 11.8. The fraction of sp³-hybridized carbons (Fsp3) is 0.235. The standard InChI is InChI=1S/C17H15Cl2FN2O3S/c18-11-8-12(19)10-14(9-11)21-17(23)16-2-1-7-22(16)26(24,25)15-5-3-13(20)4-6-15/h3-6,8-10,16H,1-2,7H2,(H,21,23). The summed E-state index contributed by atoms with van der Waals surface area (Å²) in [6.45, 7) is 0.216. The molecule has 0 aliphatic carbocycles. The van der Waals surface area contributed by atoms with Crippen LogP contribution in [0.2, 0.25) is 10.0 Å². The average molecular weight is 417 g/mol. The van der Waals surface area contributed by atoms with Gasteiger partial charge in [-0.15, -0.1) is 0 Å². The Bertz CT molecular complexity index is 915. The summed E-state index contributed by atoms with van der Waals surface area (Å²) in [5, 5.41) is 3.37. The number of nitrogens with one attached hydrogen (secondary N) is 1. The van der Waals surface area contributed by atoms with Gasteiger partial charge in [0.15, 0.2) is 0 Å². The summed E-state index contributed by atoms with van der Waals surface area (Å²) < 4.78 is 39.8. The van der Waals surface area contributed by atoms with Crippen molar-refractivity contribution in [3.63, 3.8) is 0 Å². The SMILES string of the molecule is O=C(Nc1cc(Cl)cc(Cl)c1)C1CCCN1S(=O)(=O)c1ccc(F)cc1. The van der Waals surface area contributed by atoms with Crippen molar-refractivity contribution in [2.45, 2.75) is 23.8 Å². The second-order valence-corrected chi connectivity index (χ2v) is 8.64. The van der Waals surface area contributed by atoms with Crippen molar-refractivity contribution in [2.75, 3.05) is 11.9 Å². The summed E-state index contributed by atoms with van der Waals surface area (Å²) in [6, 6.07) is 8.25. The van der Waals surface area contributed by atoms with E-state index in [1.807, 2.05) is 0 Å². The number of anilines is 1. The highest BCUT2D eigenvalue weighted by molar-refractivity contribution is 7.89. The molecule has 5 nitrogen and oxygen atoms in total. The molecule has 1 atom stereocenters. The quantitative estimate of drug-likeness (QED) is 0.820. The highest BCUT2D eigenvalue weighted by atomic mass is 35.5. The van der Waals surface area contributed by atoms with Gasteiger partial charge in [0.2, 0.25) is 15.9 Å². The second kappa shape index (κ2) is 7.52. The molecule has 2 aromatic carbocycles. The summed E-state index contributed by atoms with van der Waals surface area (Å²) in [6.07, 6.45) is 0.940. The second-order valence-electron chi connectivity index (χ2n) is 5.88. The molecule has 1 N–H and O–H groups in total. The van der Waals surface area contributed by atoms with Crippen molar-refractivity contribution in [1.29, 1.82) is 0 Å². The van der Waals surface area contributed by atoms with Gasteiger partial charge >= 0.3 is 0 Å². The minimum absolute atomic E-state index is 0.0515. The molecule has 0 aromatic heterocycles. The molecular formula is C17H15Cl2FN2O3S. The van der Waals surface area contributed by atoms with Crippen LogP contribution in [0.3, 0.4) is 0 Å². The molecule has 1 saturated heterocycles. The first-order chi connectivity index (χ1) is 12.3. The molecule has 1 amide bonds. The molecule has 1 aliphatic rings. The van der Waals surface area contributed by atoms with Crippen molar-refractivity contribution in [2.24, 2.45) is 0 Å². The number of halogens is 3. The molecule has 0 bridgehead atoms. The zero-order valence-electron chi connectivity index (χ0n) is 13.5. The maximum atomic E-state index is 13.1. The van der Waals surface area contributed by atoms with Crippen LogP contribution in [0.15, 0.2) is 47.4 Å². The Morgan fingerprint density at radius 1 is 1.12 bits per heavy atom. The first-order valence-corrected chi connectivity index (χ1v) is 10.0. The van der Waals surface area contributed by atoms with E-state index in [-0.39, 0.29) is 11.4 Å². The Hall–Kier alpha value is -1.67.